The highest BCUT2D eigenvalue weighted by Gasteiger charge is 2.29. The molecule has 0 spiro atoms. The quantitative estimate of drug-likeness (QED) is 0.254. The molecule has 1 fully saturated rings. The predicted molar refractivity (Wildman–Crippen MR) is 159 cm³/mol. The predicted octanol–water partition coefficient (Wildman–Crippen LogP) is 5.06. The summed E-state index contributed by atoms with van der Waals surface area (Å²) >= 11 is 0. The average molecular weight is 571 g/mol. The van der Waals surface area contributed by atoms with Gasteiger partial charge in [-0.2, -0.15) is 0 Å². The summed E-state index contributed by atoms with van der Waals surface area (Å²) in [5.41, 5.74) is 2.66. The van der Waals surface area contributed by atoms with Crippen LogP contribution in [0.5, 0.6) is 23.0 Å². The number of carbonyl (C=O) groups is 2. The largest absolute Gasteiger partial charge is 0.497 e. The molecule has 10 nitrogen and oxygen atoms in total. The zero-order valence-electron chi connectivity index (χ0n) is 24.1. The van der Waals surface area contributed by atoms with Crippen LogP contribution in [0.25, 0.3) is 16.9 Å². The maximum absolute atomic E-state index is 13.5. The van der Waals surface area contributed by atoms with Gasteiger partial charge in [0.15, 0.2) is 11.5 Å². The number of rotatable bonds is 12. The number of aromatic nitrogens is 2. The number of amides is 2. The van der Waals surface area contributed by atoms with E-state index in [1.165, 1.54) is 0 Å². The number of methoxy groups -OCH3 is 4. The molecule has 2 amide bonds. The molecule has 218 valence electrons. The third-order valence-electron chi connectivity index (χ3n) is 7.10. The second-order valence-electron chi connectivity index (χ2n) is 10.00. The number of imidazole rings is 1. The van der Waals surface area contributed by atoms with Gasteiger partial charge in [0.1, 0.15) is 18.0 Å². The van der Waals surface area contributed by atoms with Crippen molar-refractivity contribution in [2.75, 3.05) is 46.8 Å². The molecule has 0 bridgehead atoms. The Morgan fingerprint density at radius 3 is 2.29 bits per heavy atom. The summed E-state index contributed by atoms with van der Waals surface area (Å²) in [6.45, 7) is 0.383. The Labute approximate surface area is 244 Å². The molecule has 10 heteroatoms. The van der Waals surface area contributed by atoms with E-state index in [-0.39, 0.29) is 18.4 Å². The molecule has 0 unspecified atom stereocenters. The molecule has 0 saturated heterocycles. The van der Waals surface area contributed by atoms with Gasteiger partial charge in [-0.3, -0.25) is 19.5 Å². The maximum Gasteiger partial charge on any atom is 0.254 e. The van der Waals surface area contributed by atoms with Crippen molar-refractivity contribution in [3.8, 4) is 39.9 Å². The van der Waals surface area contributed by atoms with Crippen molar-refractivity contribution < 1.29 is 28.5 Å². The first kappa shape index (κ1) is 28.5. The molecule has 1 saturated carbocycles. The normalized spacial score (nSPS) is 12.4. The molecular weight excluding hydrogens is 536 g/mol. The Balaban J connectivity index is 1.44. The second-order valence-corrected chi connectivity index (χ2v) is 10.00. The van der Waals surface area contributed by atoms with Gasteiger partial charge in [-0.25, -0.2) is 4.98 Å². The van der Waals surface area contributed by atoms with Gasteiger partial charge in [0.25, 0.3) is 5.91 Å². The zero-order chi connectivity index (χ0) is 29.6. The third-order valence-corrected chi connectivity index (χ3v) is 7.10. The lowest BCUT2D eigenvalue weighted by molar-refractivity contribution is -0.117. The third kappa shape index (κ3) is 6.49. The SMILES string of the molecule is COc1ccc(-c2cn(-c3ccc(OC)c(OC)c3)c(NC(=O)CN(CC3CC3)C(=O)c3cccc(OC)c3)n2)cc1. The molecular formula is C32H34N4O6. The smallest absolute Gasteiger partial charge is 0.254 e. The number of nitrogens with zero attached hydrogens (tertiary/aromatic N) is 3. The summed E-state index contributed by atoms with van der Waals surface area (Å²) in [5, 5.41) is 2.94. The van der Waals surface area contributed by atoms with E-state index in [1.807, 2.05) is 36.5 Å². The van der Waals surface area contributed by atoms with Crippen LogP contribution < -0.4 is 24.3 Å². The van der Waals surface area contributed by atoms with Crippen molar-refractivity contribution in [2.24, 2.45) is 5.92 Å². The van der Waals surface area contributed by atoms with Crippen LogP contribution in [0.4, 0.5) is 5.95 Å². The first-order valence-electron chi connectivity index (χ1n) is 13.6. The fraction of sp³-hybridized carbons (Fsp3) is 0.281. The van der Waals surface area contributed by atoms with Gasteiger partial charge >= 0.3 is 0 Å². The molecule has 0 aliphatic heterocycles. The maximum atomic E-state index is 13.5. The van der Waals surface area contributed by atoms with Crippen LogP contribution in [-0.2, 0) is 4.79 Å². The van der Waals surface area contributed by atoms with Crippen LogP contribution in [0.15, 0.2) is 72.9 Å². The number of hydrogen-bond donors (Lipinski definition) is 1. The fourth-order valence-corrected chi connectivity index (χ4v) is 4.65. The fourth-order valence-electron chi connectivity index (χ4n) is 4.65. The van der Waals surface area contributed by atoms with Gasteiger partial charge in [-0.1, -0.05) is 6.07 Å². The monoisotopic (exact) mass is 570 g/mol. The average Bonchev–Trinajstić information content (AvgIpc) is 3.76. The lowest BCUT2D eigenvalue weighted by Gasteiger charge is -2.22. The van der Waals surface area contributed by atoms with Crippen LogP contribution in [0.1, 0.15) is 23.2 Å². The molecule has 42 heavy (non-hydrogen) atoms. The van der Waals surface area contributed by atoms with E-state index < -0.39 is 0 Å². The zero-order valence-corrected chi connectivity index (χ0v) is 24.1. The number of ether oxygens (including phenoxy) is 4. The van der Waals surface area contributed by atoms with E-state index in [4.69, 9.17) is 23.9 Å². The van der Waals surface area contributed by atoms with E-state index in [2.05, 4.69) is 5.32 Å². The van der Waals surface area contributed by atoms with Crippen LogP contribution >= 0.6 is 0 Å². The molecule has 4 aromatic rings. The molecule has 1 aliphatic rings. The van der Waals surface area contributed by atoms with Crippen LogP contribution in [0.2, 0.25) is 0 Å². The van der Waals surface area contributed by atoms with Crippen molar-refractivity contribution in [1.82, 2.24) is 14.5 Å². The summed E-state index contributed by atoms with van der Waals surface area (Å²) in [4.78, 5) is 33.3. The van der Waals surface area contributed by atoms with E-state index >= 15 is 0 Å². The standard InChI is InChI=1S/C32H34N4O6/c1-39-25-13-10-22(11-14-25)27-19-36(24-12-15-28(41-3)29(17-24)42-4)32(33-27)34-30(37)20-35(18-21-8-9-21)31(38)23-6-5-7-26(16-23)40-2/h5-7,10-17,19,21H,8-9,18,20H2,1-4H3,(H,33,34,37). The second kappa shape index (κ2) is 12.7. The summed E-state index contributed by atoms with van der Waals surface area (Å²) < 4.78 is 23.3. The van der Waals surface area contributed by atoms with Gasteiger partial charge in [-0.05, 0) is 73.4 Å². The minimum atomic E-state index is -0.361. The topological polar surface area (TPSA) is 104 Å². The molecule has 1 N–H and O–H groups in total. The van der Waals surface area contributed by atoms with Gasteiger partial charge in [0.2, 0.25) is 11.9 Å². The summed E-state index contributed by atoms with van der Waals surface area (Å²) in [6, 6.07) is 19.9. The van der Waals surface area contributed by atoms with Crippen molar-refractivity contribution in [3.05, 3.63) is 78.5 Å². The number of anilines is 1. The summed E-state index contributed by atoms with van der Waals surface area (Å²) in [7, 11) is 6.30. The van der Waals surface area contributed by atoms with Crippen LogP contribution in [-0.4, -0.2) is 67.8 Å². The molecule has 1 aromatic heterocycles. The Kier molecular flexibility index (Phi) is 8.61. The highest BCUT2D eigenvalue weighted by molar-refractivity contribution is 5.99. The minimum Gasteiger partial charge on any atom is -0.497 e. The number of nitrogens with one attached hydrogen (secondary N) is 1. The first-order chi connectivity index (χ1) is 20.4. The van der Waals surface area contributed by atoms with Gasteiger partial charge < -0.3 is 23.8 Å². The molecule has 3 aromatic carbocycles. The van der Waals surface area contributed by atoms with Crippen molar-refractivity contribution in [3.63, 3.8) is 0 Å². The Bertz CT molecular complexity index is 1560. The number of benzene rings is 3. The van der Waals surface area contributed by atoms with Crippen LogP contribution in [0.3, 0.4) is 0 Å². The first-order valence-corrected chi connectivity index (χ1v) is 13.6. The summed E-state index contributed by atoms with van der Waals surface area (Å²) in [6.07, 6.45) is 3.92. The van der Waals surface area contributed by atoms with Crippen molar-refractivity contribution in [2.45, 2.75) is 12.8 Å². The van der Waals surface area contributed by atoms with Gasteiger partial charge in [-0.15, -0.1) is 0 Å². The summed E-state index contributed by atoms with van der Waals surface area (Å²) in [5.74, 6) is 2.53. The van der Waals surface area contributed by atoms with Crippen molar-refractivity contribution in [1.29, 1.82) is 0 Å². The van der Waals surface area contributed by atoms with E-state index in [0.29, 0.717) is 52.6 Å². The van der Waals surface area contributed by atoms with E-state index in [9.17, 15) is 9.59 Å². The van der Waals surface area contributed by atoms with Crippen LogP contribution in [0, 0.1) is 5.92 Å². The lowest BCUT2D eigenvalue weighted by Crippen LogP contribution is -2.39. The lowest BCUT2D eigenvalue weighted by atomic mass is 10.1. The molecule has 1 aliphatic carbocycles. The number of carbonyl (C=O) groups excluding carboxylic acids is 2. The Morgan fingerprint density at radius 1 is 0.881 bits per heavy atom. The van der Waals surface area contributed by atoms with Gasteiger partial charge in [0.05, 0.1) is 39.8 Å². The van der Waals surface area contributed by atoms with Gasteiger partial charge in [0, 0.05) is 29.9 Å². The highest BCUT2D eigenvalue weighted by atomic mass is 16.5. The van der Waals surface area contributed by atoms with Crippen molar-refractivity contribution >= 4 is 17.8 Å². The minimum absolute atomic E-state index is 0.122. The molecule has 0 atom stereocenters. The number of hydrogen-bond acceptors (Lipinski definition) is 7. The van der Waals surface area contributed by atoms with E-state index in [0.717, 1.165) is 24.2 Å². The molecule has 5 rings (SSSR count). The molecule has 0 radical (unpaired) electrons. The highest BCUT2D eigenvalue weighted by Crippen LogP contribution is 2.33. The Morgan fingerprint density at radius 2 is 1.62 bits per heavy atom. The van der Waals surface area contributed by atoms with E-state index in [1.54, 1.807) is 74.3 Å². The molecule has 1 heterocycles. The Hall–Kier alpha value is -4.99.